The van der Waals surface area contributed by atoms with Crippen molar-refractivity contribution >= 4 is 11.8 Å². The molecule has 6 heteroatoms. The normalized spacial score (nSPS) is 21.8. The predicted molar refractivity (Wildman–Crippen MR) is 108 cm³/mol. The molecule has 1 spiro atoms. The first-order valence-electron chi connectivity index (χ1n) is 10.1. The van der Waals surface area contributed by atoms with E-state index in [0.717, 1.165) is 18.4 Å². The average Bonchev–Trinajstić information content (AvgIpc) is 3.15. The summed E-state index contributed by atoms with van der Waals surface area (Å²) in [5.74, 6) is -0.542. The molecule has 0 radical (unpaired) electrons. The van der Waals surface area contributed by atoms with Gasteiger partial charge in [-0.3, -0.25) is 9.59 Å². The Hall–Kier alpha value is -2.73. The van der Waals surface area contributed by atoms with Crippen molar-refractivity contribution in [2.75, 3.05) is 26.2 Å². The molecular formula is C23H25FN2O3. The summed E-state index contributed by atoms with van der Waals surface area (Å²) in [5.41, 5.74) is 1.17. The van der Waals surface area contributed by atoms with Crippen LogP contribution < -0.4 is 0 Å². The van der Waals surface area contributed by atoms with E-state index in [4.69, 9.17) is 0 Å². The van der Waals surface area contributed by atoms with E-state index in [2.05, 4.69) is 0 Å². The molecule has 0 bridgehead atoms. The highest BCUT2D eigenvalue weighted by Crippen LogP contribution is 2.39. The van der Waals surface area contributed by atoms with E-state index in [9.17, 15) is 19.1 Å². The SMILES string of the molecule is O=C(c1cccc(-c2cccc(F)c2)c1)N1CCCC12CCCN(CCO)C2=O. The highest BCUT2D eigenvalue weighted by molar-refractivity contribution is 6.00. The minimum absolute atomic E-state index is 0.0510. The summed E-state index contributed by atoms with van der Waals surface area (Å²) in [6, 6.07) is 13.4. The second kappa shape index (κ2) is 7.95. The number of halogens is 1. The number of aliphatic hydroxyl groups is 1. The maximum Gasteiger partial charge on any atom is 0.254 e. The summed E-state index contributed by atoms with van der Waals surface area (Å²) >= 11 is 0. The molecular weight excluding hydrogens is 371 g/mol. The van der Waals surface area contributed by atoms with Gasteiger partial charge >= 0.3 is 0 Å². The van der Waals surface area contributed by atoms with Gasteiger partial charge in [-0.15, -0.1) is 0 Å². The zero-order valence-electron chi connectivity index (χ0n) is 16.3. The molecule has 2 aromatic rings. The molecule has 1 N–H and O–H groups in total. The van der Waals surface area contributed by atoms with Crippen LogP contribution in [0.15, 0.2) is 48.5 Å². The summed E-state index contributed by atoms with van der Waals surface area (Å²) < 4.78 is 13.6. The van der Waals surface area contributed by atoms with Gasteiger partial charge in [-0.25, -0.2) is 4.39 Å². The Balaban J connectivity index is 1.64. The molecule has 0 aliphatic carbocycles. The van der Waals surface area contributed by atoms with Crippen molar-refractivity contribution in [3.8, 4) is 11.1 Å². The van der Waals surface area contributed by atoms with Crippen molar-refractivity contribution in [3.05, 3.63) is 59.9 Å². The fourth-order valence-electron chi connectivity index (χ4n) is 4.71. The van der Waals surface area contributed by atoms with Gasteiger partial charge in [0.25, 0.3) is 5.91 Å². The maximum absolute atomic E-state index is 13.6. The molecule has 29 heavy (non-hydrogen) atoms. The molecule has 4 rings (SSSR count). The van der Waals surface area contributed by atoms with Crippen molar-refractivity contribution in [2.24, 2.45) is 0 Å². The van der Waals surface area contributed by atoms with Crippen LogP contribution in [-0.2, 0) is 4.79 Å². The zero-order valence-corrected chi connectivity index (χ0v) is 16.3. The Morgan fingerprint density at radius 2 is 1.72 bits per heavy atom. The maximum atomic E-state index is 13.6. The van der Waals surface area contributed by atoms with Gasteiger partial charge in [0, 0.05) is 25.2 Å². The molecule has 2 aliphatic rings. The van der Waals surface area contributed by atoms with Gasteiger partial charge in [-0.2, -0.15) is 0 Å². The first-order chi connectivity index (χ1) is 14.0. The van der Waals surface area contributed by atoms with E-state index in [-0.39, 0.29) is 24.2 Å². The molecule has 1 unspecified atom stereocenters. The van der Waals surface area contributed by atoms with Gasteiger partial charge in [0.1, 0.15) is 11.4 Å². The van der Waals surface area contributed by atoms with Crippen LogP contribution in [0.4, 0.5) is 4.39 Å². The minimum Gasteiger partial charge on any atom is -0.395 e. The number of hydrogen-bond acceptors (Lipinski definition) is 3. The van der Waals surface area contributed by atoms with Crippen LogP contribution >= 0.6 is 0 Å². The lowest BCUT2D eigenvalue weighted by atomic mass is 9.85. The number of amides is 2. The van der Waals surface area contributed by atoms with E-state index < -0.39 is 5.54 Å². The molecule has 2 aliphatic heterocycles. The Labute approximate surface area is 169 Å². The van der Waals surface area contributed by atoms with Crippen LogP contribution in [0, 0.1) is 5.82 Å². The van der Waals surface area contributed by atoms with E-state index >= 15 is 0 Å². The Morgan fingerprint density at radius 1 is 1.03 bits per heavy atom. The lowest BCUT2D eigenvalue weighted by molar-refractivity contribution is -0.146. The number of likely N-dealkylation sites (tertiary alicyclic amines) is 2. The van der Waals surface area contributed by atoms with E-state index in [1.807, 2.05) is 6.07 Å². The second-order valence-electron chi connectivity index (χ2n) is 7.80. The van der Waals surface area contributed by atoms with E-state index in [1.54, 1.807) is 40.1 Å². The lowest BCUT2D eigenvalue weighted by Gasteiger charge is -2.44. The first kappa shape index (κ1) is 19.6. The number of benzene rings is 2. The lowest BCUT2D eigenvalue weighted by Crippen LogP contribution is -2.61. The summed E-state index contributed by atoms with van der Waals surface area (Å²) in [4.78, 5) is 30.0. The minimum atomic E-state index is -0.806. The van der Waals surface area contributed by atoms with Gasteiger partial charge in [0.2, 0.25) is 5.91 Å². The molecule has 2 heterocycles. The van der Waals surface area contributed by atoms with Crippen molar-refractivity contribution in [1.29, 1.82) is 0 Å². The smallest absolute Gasteiger partial charge is 0.254 e. The number of rotatable bonds is 4. The van der Waals surface area contributed by atoms with Crippen LogP contribution in [0.2, 0.25) is 0 Å². The second-order valence-corrected chi connectivity index (χ2v) is 7.80. The van der Waals surface area contributed by atoms with Gasteiger partial charge in [-0.1, -0.05) is 24.3 Å². The Kier molecular flexibility index (Phi) is 5.37. The molecule has 2 saturated heterocycles. The standard InChI is InChI=1S/C23H25FN2O3/c24-20-8-2-6-18(16-20)17-5-1-7-19(15-17)21(28)26-12-4-10-23(26)9-3-11-25(13-14-27)22(23)29/h1-2,5-8,15-16,27H,3-4,9-14H2. The van der Waals surface area contributed by atoms with Gasteiger partial charge in [0.15, 0.2) is 0 Å². The number of aliphatic hydroxyl groups excluding tert-OH is 1. The summed E-state index contributed by atoms with van der Waals surface area (Å²) in [6.07, 6.45) is 2.92. The van der Waals surface area contributed by atoms with E-state index in [1.165, 1.54) is 12.1 Å². The number of carbonyl (C=O) groups excluding carboxylic acids is 2. The number of hydrogen-bond donors (Lipinski definition) is 1. The monoisotopic (exact) mass is 396 g/mol. The van der Waals surface area contributed by atoms with Crippen molar-refractivity contribution in [1.82, 2.24) is 9.80 Å². The Bertz CT molecular complexity index is 930. The number of carbonyl (C=O) groups is 2. The van der Waals surface area contributed by atoms with E-state index in [0.29, 0.717) is 43.6 Å². The highest BCUT2D eigenvalue weighted by Gasteiger charge is 2.52. The molecule has 2 fully saturated rings. The largest absolute Gasteiger partial charge is 0.395 e. The van der Waals surface area contributed by atoms with Crippen LogP contribution in [0.5, 0.6) is 0 Å². The van der Waals surface area contributed by atoms with Crippen molar-refractivity contribution in [3.63, 3.8) is 0 Å². The van der Waals surface area contributed by atoms with Gasteiger partial charge in [-0.05, 0) is 61.1 Å². The predicted octanol–water partition coefficient (Wildman–Crippen LogP) is 3.08. The third-order valence-corrected chi connectivity index (χ3v) is 6.07. The number of piperidine rings is 1. The number of β-amino-alcohol motifs (C(OH)–C–C–N with tert-alkyl or cyclic N) is 1. The van der Waals surface area contributed by atoms with Crippen LogP contribution in [0.3, 0.4) is 0 Å². The molecule has 5 nitrogen and oxygen atoms in total. The molecule has 0 saturated carbocycles. The summed E-state index contributed by atoms with van der Waals surface area (Å²) in [6.45, 7) is 1.39. The topological polar surface area (TPSA) is 60.9 Å². The molecule has 1 atom stereocenters. The average molecular weight is 396 g/mol. The van der Waals surface area contributed by atoms with Crippen LogP contribution in [-0.4, -0.2) is 58.5 Å². The van der Waals surface area contributed by atoms with Gasteiger partial charge in [0.05, 0.1) is 6.61 Å². The third kappa shape index (κ3) is 3.53. The van der Waals surface area contributed by atoms with Crippen molar-refractivity contribution in [2.45, 2.75) is 31.2 Å². The summed E-state index contributed by atoms with van der Waals surface area (Å²) in [5, 5.41) is 9.28. The zero-order chi connectivity index (χ0) is 20.4. The third-order valence-electron chi connectivity index (χ3n) is 6.07. The molecule has 2 aromatic carbocycles. The van der Waals surface area contributed by atoms with Crippen molar-refractivity contribution < 1.29 is 19.1 Å². The molecule has 0 aromatic heterocycles. The fourth-order valence-corrected chi connectivity index (χ4v) is 4.71. The number of nitrogens with zero attached hydrogens (tertiary/aromatic N) is 2. The highest BCUT2D eigenvalue weighted by atomic mass is 19.1. The first-order valence-corrected chi connectivity index (χ1v) is 10.1. The quantitative estimate of drug-likeness (QED) is 0.864. The van der Waals surface area contributed by atoms with Crippen LogP contribution in [0.25, 0.3) is 11.1 Å². The molecule has 152 valence electrons. The Morgan fingerprint density at radius 3 is 2.45 bits per heavy atom. The molecule has 2 amide bonds. The van der Waals surface area contributed by atoms with Gasteiger partial charge < -0.3 is 14.9 Å². The summed E-state index contributed by atoms with van der Waals surface area (Å²) in [7, 11) is 0. The fraction of sp³-hybridized carbons (Fsp3) is 0.391. The van der Waals surface area contributed by atoms with Crippen LogP contribution in [0.1, 0.15) is 36.0 Å².